The molecule has 0 atom stereocenters. The number of aryl methyl sites for hydroxylation is 2. The van der Waals surface area contributed by atoms with Crippen molar-refractivity contribution in [3.63, 3.8) is 0 Å². The first kappa shape index (κ1) is 17.7. The first-order chi connectivity index (χ1) is 11.0. The first-order valence-corrected chi connectivity index (χ1v) is 7.82. The molecule has 0 aliphatic carbocycles. The zero-order valence-corrected chi connectivity index (χ0v) is 14.3. The van der Waals surface area contributed by atoms with Crippen molar-refractivity contribution in [3.05, 3.63) is 28.8 Å². The van der Waals surface area contributed by atoms with E-state index in [0.29, 0.717) is 18.8 Å². The highest BCUT2D eigenvalue weighted by atomic mass is 16.7. The highest BCUT2D eigenvalue weighted by Crippen LogP contribution is 2.23. The van der Waals surface area contributed by atoms with Crippen LogP contribution in [0.1, 0.15) is 16.7 Å². The Kier molecular flexibility index (Phi) is 5.98. The summed E-state index contributed by atoms with van der Waals surface area (Å²) in [6.07, 6.45) is -0.816. The molecule has 1 aromatic carbocycles. The Hall–Kier alpha value is -1.63. The largest absolute Gasteiger partial charge is 0.507 e. The van der Waals surface area contributed by atoms with Crippen molar-refractivity contribution in [1.82, 2.24) is 9.80 Å². The summed E-state index contributed by atoms with van der Waals surface area (Å²) in [6, 6.07) is 4.04. The molecule has 6 heteroatoms. The molecular weight excluding hydrogens is 296 g/mol. The Balaban J connectivity index is 1.91. The molecule has 1 heterocycles. The fourth-order valence-corrected chi connectivity index (χ4v) is 2.97. The number of aromatic hydroxyl groups is 1. The second-order valence-corrected chi connectivity index (χ2v) is 5.98. The van der Waals surface area contributed by atoms with Crippen LogP contribution in [-0.2, 0) is 20.8 Å². The number of rotatable bonds is 5. The molecule has 1 amide bonds. The van der Waals surface area contributed by atoms with Gasteiger partial charge >= 0.3 is 0 Å². The van der Waals surface area contributed by atoms with Crippen LogP contribution < -0.4 is 0 Å². The van der Waals surface area contributed by atoms with Gasteiger partial charge in [-0.1, -0.05) is 12.1 Å². The number of phenols is 1. The van der Waals surface area contributed by atoms with Gasteiger partial charge in [-0.15, -0.1) is 0 Å². The summed E-state index contributed by atoms with van der Waals surface area (Å²) in [7, 11) is 2.94. The Labute approximate surface area is 137 Å². The van der Waals surface area contributed by atoms with Gasteiger partial charge < -0.3 is 19.5 Å². The molecule has 1 aromatic rings. The summed E-state index contributed by atoms with van der Waals surface area (Å²) < 4.78 is 10.0. The van der Waals surface area contributed by atoms with E-state index in [9.17, 15) is 9.90 Å². The number of nitrogens with zero attached hydrogens (tertiary/aromatic N) is 2. The first-order valence-electron chi connectivity index (χ1n) is 7.82. The Morgan fingerprint density at radius 2 is 1.65 bits per heavy atom. The van der Waals surface area contributed by atoms with E-state index in [1.54, 1.807) is 4.90 Å². The normalized spacial score (nSPS) is 16.1. The van der Waals surface area contributed by atoms with Crippen LogP contribution in [0.4, 0.5) is 0 Å². The van der Waals surface area contributed by atoms with Gasteiger partial charge in [0.05, 0.1) is 0 Å². The summed E-state index contributed by atoms with van der Waals surface area (Å²) in [6.45, 7) is 7.60. The lowest BCUT2D eigenvalue weighted by atomic mass is 10.1. The fraction of sp³-hybridized carbons (Fsp3) is 0.588. The predicted octanol–water partition coefficient (Wildman–Crippen LogP) is 1.27. The lowest BCUT2D eigenvalue weighted by Crippen LogP contribution is -2.51. The van der Waals surface area contributed by atoms with Crippen LogP contribution in [0.2, 0.25) is 0 Å². The monoisotopic (exact) mass is 322 g/mol. The molecule has 1 N–H and O–H groups in total. The van der Waals surface area contributed by atoms with E-state index in [0.717, 1.165) is 30.8 Å². The van der Waals surface area contributed by atoms with Gasteiger partial charge in [-0.2, -0.15) is 0 Å². The average Bonchev–Trinajstić information content (AvgIpc) is 2.54. The van der Waals surface area contributed by atoms with Crippen LogP contribution in [-0.4, -0.2) is 67.5 Å². The Morgan fingerprint density at radius 3 is 2.13 bits per heavy atom. The molecule has 0 aromatic heterocycles. The number of methoxy groups -OCH3 is 2. The molecule has 0 spiro atoms. The number of benzene rings is 1. The van der Waals surface area contributed by atoms with Gasteiger partial charge in [-0.3, -0.25) is 9.69 Å². The number of piperazine rings is 1. The van der Waals surface area contributed by atoms with Gasteiger partial charge in [0.15, 0.2) is 0 Å². The second kappa shape index (κ2) is 7.77. The maximum Gasteiger partial charge on any atom is 0.279 e. The Bertz CT molecular complexity index is 527. The summed E-state index contributed by atoms with van der Waals surface area (Å²) in [5.41, 5.74) is 2.98. The molecular formula is C17H26N2O4. The molecule has 1 fully saturated rings. The summed E-state index contributed by atoms with van der Waals surface area (Å²) in [4.78, 5) is 16.3. The van der Waals surface area contributed by atoms with E-state index in [2.05, 4.69) is 4.90 Å². The van der Waals surface area contributed by atoms with Crippen LogP contribution in [0.5, 0.6) is 5.75 Å². The molecule has 2 rings (SSSR count). The van der Waals surface area contributed by atoms with Crippen LogP contribution in [0.15, 0.2) is 12.1 Å². The summed E-state index contributed by atoms with van der Waals surface area (Å²) >= 11 is 0. The number of hydrogen-bond donors (Lipinski definition) is 1. The minimum Gasteiger partial charge on any atom is -0.507 e. The van der Waals surface area contributed by atoms with E-state index >= 15 is 0 Å². The van der Waals surface area contributed by atoms with Gasteiger partial charge in [0, 0.05) is 46.9 Å². The SMILES string of the molecule is COC(OC)C(=O)N1CCN(Cc2cc(C)c(O)c(C)c2)CC1. The average molecular weight is 322 g/mol. The van der Waals surface area contributed by atoms with Gasteiger partial charge in [0.25, 0.3) is 5.91 Å². The van der Waals surface area contributed by atoms with Crippen molar-refractivity contribution in [2.75, 3.05) is 40.4 Å². The van der Waals surface area contributed by atoms with E-state index in [4.69, 9.17) is 9.47 Å². The fourth-order valence-electron chi connectivity index (χ4n) is 2.97. The van der Waals surface area contributed by atoms with E-state index < -0.39 is 6.29 Å². The predicted molar refractivity (Wildman–Crippen MR) is 87.2 cm³/mol. The van der Waals surface area contributed by atoms with Gasteiger partial charge in [0.1, 0.15) is 5.75 Å². The Morgan fingerprint density at radius 1 is 1.13 bits per heavy atom. The quantitative estimate of drug-likeness (QED) is 0.827. The van der Waals surface area contributed by atoms with Crippen LogP contribution >= 0.6 is 0 Å². The highest BCUT2D eigenvalue weighted by Gasteiger charge is 2.27. The number of carbonyl (C=O) groups excluding carboxylic acids is 1. The van der Waals surface area contributed by atoms with Crippen molar-refractivity contribution in [1.29, 1.82) is 0 Å². The zero-order valence-electron chi connectivity index (χ0n) is 14.3. The lowest BCUT2D eigenvalue weighted by Gasteiger charge is -2.35. The zero-order chi connectivity index (χ0) is 17.0. The second-order valence-electron chi connectivity index (χ2n) is 5.98. The van der Waals surface area contributed by atoms with Gasteiger partial charge in [0.2, 0.25) is 6.29 Å². The van der Waals surface area contributed by atoms with E-state index in [1.165, 1.54) is 19.8 Å². The van der Waals surface area contributed by atoms with Crippen molar-refractivity contribution in [2.45, 2.75) is 26.7 Å². The third-order valence-corrected chi connectivity index (χ3v) is 4.27. The highest BCUT2D eigenvalue weighted by molar-refractivity contribution is 5.79. The third kappa shape index (κ3) is 4.22. The molecule has 1 aliphatic heterocycles. The van der Waals surface area contributed by atoms with Crippen LogP contribution in [0.25, 0.3) is 0 Å². The van der Waals surface area contributed by atoms with Crippen molar-refractivity contribution >= 4 is 5.91 Å². The maximum absolute atomic E-state index is 12.2. The van der Waals surface area contributed by atoms with Gasteiger partial charge in [-0.05, 0) is 30.5 Å². The topological polar surface area (TPSA) is 62.2 Å². The minimum absolute atomic E-state index is 0.119. The lowest BCUT2D eigenvalue weighted by molar-refractivity contribution is -0.171. The molecule has 0 bridgehead atoms. The van der Waals surface area contributed by atoms with E-state index in [1.807, 2.05) is 26.0 Å². The number of ether oxygens (including phenoxy) is 2. The van der Waals surface area contributed by atoms with Gasteiger partial charge in [-0.25, -0.2) is 0 Å². The molecule has 1 aliphatic rings. The number of amides is 1. The molecule has 23 heavy (non-hydrogen) atoms. The minimum atomic E-state index is -0.816. The van der Waals surface area contributed by atoms with Crippen LogP contribution in [0, 0.1) is 13.8 Å². The summed E-state index contributed by atoms with van der Waals surface area (Å²) in [5, 5.41) is 9.85. The van der Waals surface area contributed by atoms with Crippen molar-refractivity contribution < 1.29 is 19.4 Å². The molecule has 0 unspecified atom stereocenters. The van der Waals surface area contributed by atoms with Crippen molar-refractivity contribution in [3.8, 4) is 5.75 Å². The van der Waals surface area contributed by atoms with E-state index in [-0.39, 0.29) is 5.91 Å². The standard InChI is InChI=1S/C17H26N2O4/c1-12-9-14(10-13(2)15(12)20)11-18-5-7-19(8-6-18)16(21)17(22-3)23-4/h9-10,17,20H,5-8,11H2,1-4H3. The molecule has 1 saturated heterocycles. The maximum atomic E-state index is 12.2. The molecule has 0 radical (unpaired) electrons. The van der Waals surface area contributed by atoms with Crippen LogP contribution in [0.3, 0.4) is 0 Å². The molecule has 0 saturated carbocycles. The smallest absolute Gasteiger partial charge is 0.279 e. The van der Waals surface area contributed by atoms with Crippen molar-refractivity contribution in [2.24, 2.45) is 0 Å². The molecule has 128 valence electrons. The molecule has 6 nitrogen and oxygen atoms in total. The number of hydrogen-bond acceptors (Lipinski definition) is 5. The third-order valence-electron chi connectivity index (χ3n) is 4.27. The number of carbonyl (C=O) groups is 1. The summed E-state index contributed by atoms with van der Waals surface area (Å²) in [5.74, 6) is 0.250. The number of phenolic OH excluding ortho intramolecular Hbond substituents is 1.